The maximum Gasteiger partial charge on any atom is 0.244 e. The molecular formula is C10H16N2O3. The Balaban J connectivity index is 1.91. The van der Waals surface area contributed by atoms with Gasteiger partial charge in [0, 0.05) is 12.6 Å². The number of imide groups is 1. The van der Waals surface area contributed by atoms with Crippen LogP contribution in [0.25, 0.3) is 0 Å². The molecule has 0 aromatic rings. The van der Waals surface area contributed by atoms with E-state index in [2.05, 4.69) is 10.6 Å². The van der Waals surface area contributed by atoms with Crippen LogP contribution in [0.3, 0.4) is 0 Å². The molecule has 1 aliphatic carbocycles. The molecule has 2 aliphatic rings. The van der Waals surface area contributed by atoms with Crippen LogP contribution in [0, 0.1) is 5.92 Å². The fourth-order valence-corrected chi connectivity index (χ4v) is 2.42. The second-order valence-corrected chi connectivity index (χ2v) is 4.32. The van der Waals surface area contributed by atoms with Crippen LogP contribution in [-0.2, 0) is 9.59 Å². The SMILES string of the molecule is O=C1CC(NC2CCCC2CO)C(=O)N1. The minimum Gasteiger partial charge on any atom is -0.396 e. The molecule has 3 atom stereocenters. The highest BCUT2D eigenvalue weighted by molar-refractivity contribution is 6.05. The fraction of sp³-hybridized carbons (Fsp3) is 0.800. The van der Waals surface area contributed by atoms with Crippen LogP contribution in [-0.4, -0.2) is 35.6 Å². The molecule has 3 unspecified atom stereocenters. The Morgan fingerprint density at radius 1 is 1.40 bits per heavy atom. The van der Waals surface area contributed by atoms with Gasteiger partial charge in [0.1, 0.15) is 0 Å². The largest absolute Gasteiger partial charge is 0.396 e. The third-order valence-corrected chi connectivity index (χ3v) is 3.28. The zero-order chi connectivity index (χ0) is 10.8. The van der Waals surface area contributed by atoms with Gasteiger partial charge in [-0.2, -0.15) is 0 Å². The molecule has 1 heterocycles. The quantitative estimate of drug-likeness (QED) is 0.533. The van der Waals surface area contributed by atoms with Crippen LogP contribution in [0.15, 0.2) is 0 Å². The van der Waals surface area contributed by atoms with Gasteiger partial charge in [0.15, 0.2) is 0 Å². The van der Waals surface area contributed by atoms with Gasteiger partial charge in [0.2, 0.25) is 11.8 Å². The van der Waals surface area contributed by atoms with E-state index in [1.807, 2.05) is 0 Å². The van der Waals surface area contributed by atoms with Crippen molar-refractivity contribution < 1.29 is 14.7 Å². The summed E-state index contributed by atoms with van der Waals surface area (Å²) in [6, 6.07) is -0.216. The number of rotatable bonds is 3. The Bertz CT molecular complexity index is 280. The van der Waals surface area contributed by atoms with Crippen LogP contribution >= 0.6 is 0 Å². The fourth-order valence-electron chi connectivity index (χ4n) is 2.42. The normalized spacial score (nSPS) is 35.9. The van der Waals surface area contributed by atoms with Crippen LogP contribution in [0.5, 0.6) is 0 Å². The molecule has 1 saturated heterocycles. The second-order valence-electron chi connectivity index (χ2n) is 4.32. The molecule has 0 spiro atoms. The van der Waals surface area contributed by atoms with E-state index in [1.165, 1.54) is 0 Å². The van der Waals surface area contributed by atoms with Gasteiger partial charge in [-0.25, -0.2) is 0 Å². The van der Waals surface area contributed by atoms with Crippen LogP contribution < -0.4 is 10.6 Å². The van der Waals surface area contributed by atoms with Crippen molar-refractivity contribution in [3.8, 4) is 0 Å². The Hall–Kier alpha value is -0.940. The minimum absolute atomic E-state index is 0.153. The lowest BCUT2D eigenvalue weighted by molar-refractivity contribution is -0.125. The highest BCUT2D eigenvalue weighted by Crippen LogP contribution is 2.26. The van der Waals surface area contributed by atoms with Crippen molar-refractivity contribution in [2.45, 2.75) is 37.8 Å². The summed E-state index contributed by atoms with van der Waals surface area (Å²) < 4.78 is 0. The van der Waals surface area contributed by atoms with Gasteiger partial charge in [0.05, 0.1) is 12.5 Å². The van der Waals surface area contributed by atoms with Gasteiger partial charge in [-0.05, 0) is 18.8 Å². The summed E-state index contributed by atoms with van der Waals surface area (Å²) in [7, 11) is 0. The number of hydrogen-bond donors (Lipinski definition) is 3. The van der Waals surface area contributed by atoms with Gasteiger partial charge in [0.25, 0.3) is 0 Å². The number of carbonyl (C=O) groups excluding carboxylic acids is 2. The molecule has 2 amide bonds. The van der Waals surface area contributed by atoms with Gasteiger partial charge < -0.3 is 10.4 Å². The molecule has 84 valence electrons. The van der Waals surface area contributed by atoms with E-state index in [9.17, 15) is 9.59 Å². The van der Waals surface area contributed by atoms with Crippen LogP contribution in [0.4, 0.5) is 0 Å². The summed E-state index contributed by atoms with van der Waals surface area (Å²) >= 11 is 0. The third-order valence-electron chi connectivity index (χ3n) is 3.28. The summed E-state index contributed by atoms with van der Waals surface area (Å²) in [5, 5.41) is 14.6. The molecule has 1 saturated carbocycles. The molecule has 5 heteroatoms. The second kappa shape index (κ2) is 4.28. The molecule has 1 aliphatic heterocycles. The van der Waals surface area contributed by atoms with E-state index in [-0.39, 0.29) is 36.8 Å². The lowest BCUT2D eigenvalue weighted by Gasteiger charge is -2.21. The van der Waals surface area contributed by atoms with Crippen molar-refractivity contribution in [3.63, 3.8) is 0 Å². The van der Waals surface area contributed by atoms with Crippen LogP contribution in [0.1, 0.15) is 25.7 Å². The van der Waals surface area contributed by atoms with E-state index in [1.54, 1.807) is 0 Å². The number of nitrogens with one attached hydrogen (secondary N) is 2. The Kier molecular flexibility index (Phi) is 3.02. The lowest BCUT2D eigenvalue weighted by Crippen LogP contribution is -2.45. The summed E-state index contributed by atoms with van der Waals surface area (Å²) in [4.78, 5) is 22.3. The van der Waals surface area contributed by atoms with Crippen molar-refractivity contribution in [1.82, 2.24) is 10.6 Å². The number of aliphatic hydroxyl groups excluding tert-OH is 1. The van der Waals surface area contributed by atoms with Crippen molar-refractivity contribution in [1.29, 1.82) is 0 Å². The number of carbonyl (C=O) groups is 2. The first-order valence-electron chi connectivity index (χ1n) is 5.41. The molecular weight excluding hydrogens is 196 g/mol. The topological polar surface area (TPSA) is 78.4 Å². The summed E-state index contributed by atoms with van der Waals surface area (Å²) in [6.07, 6.45) is 3.28. The number of amides is 2. The predicted octanol–water partition coefficient (Wildman–Crippen LogP) is -0.848. The molecule has 15 heavy (non-hydrogen) atoms. The molecule has 3 N–H and O–H groups in total. The van der Waals surface area contributed by atoms with E-state index in [0.29, 0.717) is 0 Å². The molecule has 5 nitrogen and oxygen atoms in total. The number of hydrogen-bond acceptors (Lipinski definition) is 4. The monoisotopic (exact) mass is 212 g/mol. The molecule has 0 aromatic carbocycles. The Morgan fingerprint density at radius 2 is 2.20 bits per heavy atom. The highest BCUT2D eigenvalue weighted by Gasteiger charge is 2.35. The van der Waals surface area contributed by atoms with Gasteiger partial charge in [-0.3, -0.25) is 14.9 Å². The molecule has 2 fully saturated rings. The highest BCUT2D eigenvalue weighted by atomic mass is 16.3. The first-order valence-corrected chi connectivity index (χ1v) is 5.41. The maximum absolute atomic E-state index is 11.3. The molecule has 0 aromatic heterocycles. The van der Waals surface area contributed by atoms with Crippen molar-refractivity contribution in [2.75, 3.05) is 6.61 Å². The Morgan fingerprint density at radius 3 is 2.80 bits per heavy atom. The first kappa shape index (κ1) is 10.6. The van der Waals surface area contributed by atoms with E-state index in [4.69, 9.17) is 5.11 Å². The maximum atomic E-state index is 11.3. The lowest BCUT2D eigenvalue weighted by atomic mass is 10.0. The first-order chi connectivity index (χ1) is 7.20. The van der Waals surface area contributed by atoms with E-state index >= 15 is 0 Å². The minimum atomic E-state index is -0.394. The summed E-state index contributed by atoms with van der Waals surface area (Å²) in [6.45, 7) is 0.153. The van der Waals surface area contributed by atoms with Crippen molar-refractivity contribution >= 4 is 11.8 Å². The smallest absolute Gasteiger partial charge is 0.244 e. The third kappa shape index (κ3) is 2.18. The van der Waals surface area contributed by atoms with Crippen molar-refractivity contribution in [2.24, 2.45) is 5.92 Å². The molecule has 0 bridgehead atoms. The summed E-state index contributed by atoms with van der Waals surface area (Å²) in [5.74, 6) is -0.215. The van der Waals surface area contributed by atoms with E-state index in [0.717, 1.165) is 19.3 Å². The number of aliphatic hydroxyl groups is 1. The Labute approximate surface area is 88.2 Å². The zero-order valence-corrected chi connectivity index (χ0v) is 8.53. The molecule has 2 rings (SSSR count). The average molecular weight is 212 g/mol. The predicted molar refractivity (Wildman–Crippen MR) is 52.9 cm³/mol. The van der Waals surface area contributed by atoms with Crippen molar-refractivity contribution in [3.05, 3.63) is 0 Å². The average Bonchev–Trinajstić information content (AvgIpc) is 2.74. The van der Waals surface area contributed by atoms with E-state index < -0.39 is 6.04 Å². The standard InChI is InChI=1S/C10H16N2O3/c13-5-6-2-1-3-7(6)11-8-4-9(14)12-10(8)15/h6-8,11,13H,1-5H2,(H,12,14,15). The summed E-state index contributed by atoms with van der Waals surface area (Å²) in [5.41, 5.74) is 0. The van der Waals surface area contributed by atoms with Gasteiger partial charge >= 0.3 is 0 Å². The molecule has 0 radical (unpaired) electrons. The van der Waals surface area contributed by atoms with Gasteiger partial charge in [-0.15, -0.1) is 0 Å². The zero-order valence-electron chi connectivity index (χ0n) is 8.53. The van der Waals surface area contributed by atoms with Gasteiger partial charge in [-0.1, -0.05) is 6.42 Å². The van der Waals surface area contributed by atoms with Crippen LogP contribution in [0.2, 0.25) is 0 Å².